The monoisotopic (exact) mass is 313 g/mol. The van der Waals surface area contributed by atoms with Crippen LogP contribution in [-0.4, -0.2) is 38.3 Å². The predicted molar refractivity (Wildman–Crippen MR) is 76.0 cm³/mol. The highest BCUT2D eigenvalue weighted by Gasteiger charge is 2.19. The van der Waals surface area contributed by atoms with E-state index in [1.54, 1.807) is 7.11 Å². The fraction of sp³-hybridized carbons (Fsp3) is 0.571. The highest BCUT2D eigenvalue weighted by molar-refractivity contribution is 9.10. The van der Waals surface area contributed by atoms with Crippen LogP contribution in [0.25, 0.3) is 0 Å². The summed E-state index contributed by atoms with van der Waals surface area (Å²) < 4.78 is 11.9. The van der Waals surface area contributed by atoms with E-state index in [9.17, 15) is 0 Å². The first kappa shape index (κ1) is 13.8. The maximum Gasteiger partial charge on any atom is 0.124 e. The molecule has 1 saturated heterocycles. The molecular formula is C14H20BrNO2. The lowest BCUT2D eigenvalue weighted by atomic mass is 10.1. The third-order valence-corrected chi connectivity index (χ3v) is 3.98. The van der Waals surface area contributed by atoms with E-state index in [4.69, 9.17) is 9.47 Å². The molecular weight excluding hydrogens is 294 g/mol. The molecule has 0 amide bonds. The van der Waals surface area contributed by atoms with Crippen LogP contribution in [0.15, 0.2) is 22.7 Å². The van der Waals surface area contributed by atoms with E-state index in [0.717, 1.165) is 42.8 Å². The molecule has 1 aliphatic rings. The first-order valence-corrected chi connectivity index (χ1v) is 7.10. The summed E-state index contributed by atoms with van der Waals surface area (Å²) in [5.74, 6) is 0.947. The Morgan fingerprint density at radius 3 is 2.78 bits per heavy atom. The van der Waals surface area contributed by atoms with Gasteiger partial charge in [-0.25, -0.2) is 0 Å². The number of hydrogen-bond donors (Lipinski definition) is 0. The Morgan fingerprint density at radius 1 is 1.39 bits per heavy atom. The second-order valence-corrected chi connectivity index (χ2v) is 5.63. The summed E-state index contributed by atoms with van der Waals surface area (Å²) in [7, 11) is 3.90. The number of ether oxygens (including phenoxy) is 2. The smallest absolute Gasteiger partial charge is 0.124 e. The van der Waals surface area contributed by atoms with Crippen LogP contribution >= 0.6 is 15.9 Å². The Hall–Kier alpha value is -0.580. The minimum atomic E-state index is 0.618. The van der Waals surface area contributed by atoms with Crippen molar-refractivity contribution in [1.29, 1.82) is 0 Å². The summed E-state index contributed by atoms with van der Waals surface area (Å²) in [6, 6.07) is 6.83. The van der Waals surface area contributed by atoms with Gasteiger partial charge >= 0.3 is 0 Å². The fourth-order valence-electron chi connectivity index (χ4n) is 2.37. The summed E-state index contributed by atoms with van der Waals surface area (Å²) in [4.78, 5) is 2.40. The maximum atomic E-state index is 5.43. The van der Waals surface area contributed by atoms with Crippen LogP contribution in [0.4, 0.5) is 0 Å². The molecule has 0 atom stereocenters. The SMILES string of the molecule is COc1cc(Br)ccc1CN(C)C1CCOCC1. The second-order valence-electron chi connectivity index (χ2n) is 4.71. The zero-order valence-corrected chi connectivity index (χ0v) is 12.6. The number of methoxy groups -OCH3 is 1. The first-order chi connectivity index (χ1) is 8.70. The molecule has 0 unspecified atom stereocenters. The van der Waals surface area contributed by atoms with Crippen molar-refractivity contribution in [1.82, 2.24) is 4.90 Å². The molecule has 1 fully saturated rings. The van der Waals surface area contributed by atoms with E-state index in [1.807, 2.05) is 6.07 Å². The fourth-order valence-corrected chi connectivity index (χ4v) is 2.71. The van der Waals surface area contributed by atoms with E-state index in [2.05, 4.69) is 40.0 Å². The molecule has 18 heavy (non-hydrogen) atoms. The van der Waals surface area contributed by atoms with Crippen LogP contribution in [0, 0.1) is 0 Å². The van der Waals surface area contributed by atoms with Gasteiger partial charge in [0.1, 0.15) is 5.75 Å². The van der Waals surface area contributed by atoms with Gasteiger partial charge in [0.05, 0.1) is 7.11 Å². The number of halogens is 1. The van der Waals surface area contributed by atoms with Gasteiger partial charge in [0.2, 0.25) is 0 Å². The van der Waals surface area contributed by atoms with E-state index in [1.165, 1.54) is 5.56 Å². The number of nitrogens with zero attached hydrogens (tertiary/aromatic N) is 1. The highest BCUT2D eigenvalue weighted by atomic mass is 79.9. The Balaban J connectivity index is 2.03. The number of benzene rings is 1. The Bertz CT molecular complexity index is 391. The molecule has 0 bridgehead atoms. The van der Waals surface area contributed by atoms with Crippen LogP contribution < -0.4 is 4.74 Å². The molecule has 0 N–H and O–H groups in total. The normalized spacial score (nSPS) is 17.1. The van der Waals surface area contributed by atoms with Crippen molar-refractivity contribution in [3.63, 3.8) is 0 Å². The topological polar surface area (TPSA) is 21.7 Å². The quantitative estimate of drug-likeness (QED) is 0.852. The minimum Gasteiger partial charge on any atom is -0.496 e. The van der Waals surface area contributed by atoms with E-state index in [-0.39, 0.29) is 0 Å². The molecule has 1 aromatic carbocycles. The van der Waals surface area contributed by atoms with E-state index in [0.29, 0.717) is 6.04 Å². The summed E-state index contributed by atoms with van der Waals surface area (Å²) in [5, 5.41) is 0. The molecule has 1 aliphatic heterocycles. The molecule has 0 aromatic heterocycles. The molecule has 0 aliphatic carbocycles. The van der Waals surface area contributed by atoms with Gasteiger partial charge in [-0.1, -0.05) is 22.0 Å². The van der Waals surface area contributed by atoms with E-state index < -0.39 is 0 Å². The van der Waals surface area contributed by atoms with Gasteiger partial charge in [0.25, 0.3) is 0 Å². The van der Waals surface area contributed by atoms with Crippen molar-refractivity contribution in [3.05, 3.63) is 28.2 Å². The molecule has 4 heteroatoms. The third-order valence-electron chi connectivity index (χ3n) is 3.48. The highest BCUT2D eigenvalue weighted by Crippen LogP contribution is 2.26. The lowest BCUT2D eigenvalue weighted by molar-refractivity contribution is 0.0405. The third kappa shape index (κ3) is 3.46. The molecule has 100 valence electrons. The molecule has 0 radical (unpaired) electrons. The summed E-state index contributed by atoms with van der Waals surface area (Å²) in [6.45, 7) is 2.68. The van der Waals surface area contributed by atoms with Crippen LogP contribution in [0.1, 0.15) is 18.4 Å². The summed E-state index contributed by atoms with van der Waals surface area (Å²) in [5.41, 5.74) is 1.23. The van der Waals surface area contributed by atoms with Gasteiger partial charge in [0, 0.05) is 35.8 Å². The van der Waals surface area contributed by atoms with Gasteiger partial charge in [-0.15, -0.1) is 0 Å². The van der Waals surface area contributed by atoms with Crippen LogP contribution in [-0.2, 0) is 11.3 Å². The van der Waals surface area contributed by atoms with Gasteiger partial charge in [-0.3, -0.25) is 4.90 Å². The minimum absolute atomic E-state index is 0.618. The molecule has 1 aromatic rings. The summed E-state index contributed by atoms with van der Waals surface area (Å²) >= 11 is 3.47. The number of hydrogen-bond acceptors (Lipinski definition) is 3. The Morgan fingerprint density at radius 2 is 2.11 bits per heavy atom. The van der Waals surface area contributed by atoms with E-state index >= 15 is 0 Å². The van der Waals surface area contributed by atoms with Crippen molar-refractivity contribution in [2.45, 2.75) is 25.4 Å². The molecule has 1 heterocycles. The van der Waals surface area contributed by atoms with Crippen LogP contribution in [0.3, 0.4) is 0 Å². The van der Waals surface area contributed by atoms with Crippen LogP contribution in [0.5, 0.6) is 5.75 Å². The maximum absolute atomic E-state index is 5.43. The van der Waals surface area contributed by atoms with Gasteiger partial charge in [0.15, 0.2) is 0 Å². The first-order valence-electron chi connectivity index (χ1n) is 6.31. The van der Waals surface area contributed by atoms with Crippen molar-refractivity contribution >= 4 is 15.9 Å². The zero-order chi connectivity index (χ0) is 13.0. The molecule has 3 nitrogen and oxygen atoms in total. The number of rotatable bonds is 4. The lowest BCUT2D eigenvalue weighted by Gasteiger charge is -2.31. The van der Waals surface area contributed by atoms with Gasteiger partial charge < -0.3 is 9.47 Å². The molecule has 2 rings (SSSR count). The Labute approximate surface area is 117 Å². The van der Waals surface area contributed by atoms with Crippen molar-refractivity contribution in [2.75, 3.05) is 27.4 Å². The summed E-state index contributed by atoms with van der Waals surface area (Å²) in [6.07, 6.45) is 2.24. The van der Waals surface area contributed by atoms with Crippen molar-refractivity contribution in [2.24, 2.45) is 0 Å². The largest absolute Gasteiger partial charge is 0.496 e. The standard InChI is InChI=1S/C14H20BrNO2/c1-16(13-5-7-18-8-6-13)10-11-3-4-12(15)9-14(11)17-2/h3-4,9,13H,5-8,10H2,1-2H3. The van der Waals surface area contributed by atoms with Crippen molar-refractivity contribution in [3.8, 4) is 5.75 Å². The average Bonchev–Trinajstić information content (AvgIpc) is 2.41. The zero-order valence-electron chi connectivity index (χ0n) is 11.0. The predicted octanol–water partition coefficient (Wildman–Crippen LogP) is 3.07. The molecule has 0 saturated carbocycles. The average molecular weight is 314 g/mol. The second kappa shape index (κ2) is 6.55. The van der Waals surface area contributed by atoms with Crippen molar-refractivity contribution < 1.29 is 9.47 Å². The van der Waals surface area contributed by atoms with Crippen LogP contribution in [0.2, 0.25) is 0 Å². The Kier molecular flexibility index (Phi) is 5.03. The lowest BCUT2D eigenvalue weighted by Crippen LogP contribution is -2.36. The molecule has 0 spiro atoms. The van der Waals surface area contributed by atoms with Gasteiger partial charge in [-0.05, 0) is 32.0 Å². The van der Waals surface area contributed by atoms with Gasteiger partial charge in [-0.2, -0.15) is 0 Å².